The number of hydrogen-bond acceptors (Lipinski definition) is 3. The number of nitrogens with zero attached hydrogens (tertiary/aromatic N) is 3. The predicted octanol–water partition coefficient (Wildman–Crippen LogP) is 2.98. The van der Waals surface area contributed by atoms with Crippen molar-refractivity contribution in [3.63, 3.8) is 0 Å². The molecule has 0 spiro atoms. The summed E-state index contributed by atoms with van der Waals surface area (Å²) in [5, 5.41) is 0. The Morgan fingerprint density at radius 2 is 2.10 bits per heavy atom. The van der Waals surface area contributed by atoms with E-state index in [1.165, 1.54) is 6.42 Å². The van der Waals surface area contributed by atoms with Gasteiger partial charge < -0.3 is 9.88 Å². The lowest BCUT2D eigenvalue weighted by Gasteiger charge is -2.29. The van der Waals surface area contributed by atoms with Crippen molar-refractivity contribution in [2.24, 2.45) is 0 Å². The van der Waals surface area contributed by atoms with Gasteiger partial charge in [-0.1, -0.05) is 0 Å². The number of fused-ring (bicyclic) bond motifs is 1. The van der Waals surface area contributed by atoms with E-state index in [0.717, 1.165) is 42.7 Å². The largest absolute Gasteiger partial charge is 0.341 e. The van der Waals surface area contributed by atoms with Crippen LogP contribution in [0.25, 0.3) is 11.2 Å². The standard InChI is InChI=1S/C15H20N4OS/c1-10-8-12-13(16-9-10)19(15(21)17-12)11(2)14(20)18-6-4-3-5-7-18/h8-9,11H,3-7H2,1-2H3,(H,17,21). The Balaban J connectivity index is 1.97. The smallest absolute Gasteiger partial charge is 0.245 e. The van der Waals surface area contributed by atoms with Crippen LogP contribution in [0.5, 0.6) is 0 Å². The molecule has 6 heteroatoms. The number of imidazole rings is 1. The van der Waals surface area contributed by atoms with Gasteiger partial charge in [-0.05, 0) is 57.0 Å². The van der Waals surface area contributed by atoms with Crippen molar-refractivity contribution in [2.45, 2.75) is 39.2 Å². The minimum atomic E-state index is -0.320. The van der Waals surface area contributed by atoms with E-state index in [1.807, 2.05) is 29.4 Å². The van der Waals surface area contributed by atoms with Crippen LogP contribution in [0.2, 0.25) is 0 Å². The highest BCUT2D eigenvalue weighted by Crippen LogP contribution is 2.21. The van der Waals surface area contributed by atoms with Gasteiger partial charge >= 0.3 is 0 Å². The fourth-order valence-corrected chi connectivity index (χ4v) is 3.32. The summed E-state index contributed by atoms with van der Waals surface area (Å²) in [6, 6.07) is 1.69. The van der Waals surface area contributed by atoms with Crippen molar-refractivity contribution in [3.05, 3.63) is 22.6 Å². The number of aromatic amines is 1. The number of carbonyl (C=O) groups excluding carboxylic acids is 1. The Kier molecular flexibility index (Phi) is 3.80. The molecule has 2 aromatic heterocycles. The number of aromatic nitrogens is 3. The van der Waals surface area contributed by atoms with E-state index in [9.17, 15) is 4.79 Å². The molecule has 1 fully saturated rings. The van der Waals surface area contributed by atoms with Gasteiger partial charge in [0, 0.05) is 19.3 Å². The van der Waals surface area contributed by atoms with Crippen molar-refractivity contribution in [1.82, 2.24) is 19.4 Å². The van der Waals surface area contributed by atoms with Crippen molar-refractivity contribution in [1.29, 1.82) is 0 Å². The summed E-state index contributed by atoms with van der Waals surface area (Å²) in [5.41, 5.74) is 2.71. The zero-order valence-electron chi connectivity index (χ0n) is 12.4. The molecule has 3 heterocycles. The van der Waals surface area contributed by atoms with Gasteiger partial charge in [-0.2, -0.15) is 0 Å². The van der Waals surface area contributed by atoms with Crippen LogP contribution in [0, 0.1) is 11.7 Å². The number of H-pyrrole nitrogens is 1. The molecule has 0 bridgehead atoms. The maximum Gasteiger partial charge on any atom is 0.245 e. The summed E-state index contributed by atoms with van der Waals surface area (Å²) in [6.45, 7) is 5.60. The summed E-state index contributed by atoms with van der Waals surface area (Å²) >= 11 is 5.39. The first-order chi connectivity index (χ1) is 10.1. The van der Waals surface area contributed by atoms with Crippen molar-refractivity contribution in [3.8, 4) is 0 Å². The fraction of sp³-hybridized carbons (Fsp3) is 0.533. The summed E-state index contributed by atoms with van der Waals surface area (Å²) < 4.78 is 2.39. The summed E-state index contributed by atoms with van der Waals surface area (Å²) in [5.74, 6) is 0.133. The van der Waals surface area contributed by atoms with Crippen molar-refractivity contribution >= 4 is 29.3 Å². The van der Waals surface area contributed by atoms with Crippen LogP contribution in [0.3, 0.4) is 0 Å². The molecule has 1 atom stereocenters. The molecule has 1 aliphatic rings. The van der Waals surface area contributed by atoms with Crippen LogP contribution in [-0.4, -0.2) is 38.4 Å². The molecular weight excluding hydrogens is 284 g/mol. The van der Waals surface area contributed by atoms with Gasteiger partial charge in [0.05, 0.1) is 5.52 Å². The first kappa shape index (κ1) is 14.3. The minimum absolute atomic E-state index is 0.133. The van der Waals surface area contributed by atoms with E-state index < -0.39 is 0 Å². The van der Waals surface area contributed by atoms with Crippen LogP contribution in [0.4, 0.5) is 0 Å². The van der Waals surface area contributed by atoms with Crippen LogP contribution >= 0.6 is 12.2 Å². The van der Waals surface area contributed by atoms with Crippen LogP contribution in [-0.2, 0) is 4.79 Å². The average molecular weight is 304 g/mol. The third kappa shape index (κ3) is 2.60. The molecule has 2 aromatic rings. The summed E-state index contributed by atoms with van der Waals surface area (Å²) in [6.07, 6.45) is 5.20. The Hall–Kier alpha value is -1.69. The first-order valence-corrected chi connectivity index (χ1v) is 7.84. The van der Waals surface area contributed by atoms with Crippen molar-refractivity contribution in [2.75, 3.05) is 13.1 Å². The molecule has 0 saturated carbocycles. The normalized spacial score (nSPS) is 17.1. The quantitative estimate of drug-likeness (QED) is 0.868. The number of likely N-dealkylation sites (tertiary alicyclic amines) is 1. The number of rotatable bonds is 2. The Morgan fingerprint density at radius 3 is 2.81 bits per heavy atom. The van der Waals surface area contributed by atoms with Gasteiger partial charge in [0.25, 0.3) is 0 Å². The van der Waals surface area contributed by atoms with E-state index in [4.69, 9.17) is 12.2 Å². The molecule has 1 amide bonds. The first-order valence-electron chi connectivity index (χ1n) is 7.43. The molecular formula is C15H20N4OS. The molecule has 0 aliphatic carbocycles. The molecule has 5 nitrogen and oxygen atoms in total. The topological polar surface area (TPSA) is 53.9 Å². The molecule has 1 saturated heterocycles. The molecule has 0 aromatic carbocycles. The van der Waals surface area contributed by atoms with Crippen molar-refractivity contribution < 1.29 is 4.79 Å². The zero-order valence-corrected chi connectivity index (χ0v) is 13.2. The number of pyridine rings is 1. The van der Waals surface area contributed by atoms with Gasteiger partial charge in [0.2, 0.25) is 5.91 Å². The highest BCUT2D eigenvalue weighted by Gasteiger charge is 2.25. The van der Waals surface area contributed by atoms with Gasteiger partial charge in [0.1, 0.15) is 6.04 Å². The third-order valence-corrected chi connectivity index (χ3v) is 4.40. The van der Waals surface area contributed by atoms with Crippen LogP contribution < -0.4 is 0 Å². The number of aryl methyl sites for hydroxylation is 1. The fourth-order valence-electron chi connectivity index (χ4n) is 2.97. The second kappa shape index (κ2) is 5.60. The summed E-state index contributed by atoms with van der Waals surface area (Å²) in [4.78, 5) is 22.2. The zero-order chi connectivity index (χ0) is 15.0. The molecule has 112 valence electrons. The van der Waals surface area contributed by atoms with Gasteiger partial charge in [0.15, 0.2) is 10.4 Å². The van der Waals surface area contributed by atoms with E-state index in [2.05, 4.69) is 9.97 Å². The molecule has 1 aliphatic heterocycles. The lowest BCUT2D eigenvalue weighted by atomic mass is 10.1. The van der Waals surface area contributed by atoms with E-state index in [1.54, 1.807) is 6.20 Å². The molecule has 21 heavy (non-hydrogen) atoms. The maximum atomic E-state index is 12.7. The lowest BCUT2D eigenvalue weighted by molar-refractivity contribution is -0.135. The van der Waals surface area contributed by atoms with Crippen LogP contribution in [0.1, 0.15) is 37.8 Å². The number of amides is 1. The Morgan fingerprint density at radius 1 is 1.38 bits per heavy atom. The van der Waals surface area contributed by atoms with E-state index >= 15 is 0 Å². The number of hydrogen-bond donors (Lipinski definition) is 1. The van der Waals surface area contributed by atoms with E-state index in [-0.39, 0.29) is 11.9 Å². The maximum absolute atomic E-state index is 12.7. The molecule has 3 rings (SSSR count). The predicted molar refractivity (Wildman–Crippen MR) is 84.8 cm³/mol. The highest BCUT2D eigenvalue weighted by atomic mass is 32.1. The lowest BCUT2D eigenvalue weighted by Crippen LogP contribution is -2.39. The van der Waals surface area contributed by atoms with E-state index in [0.29, 0.717) is 4.77 Å². The second-order valence-corrected chi connectivity index (χ2v) is 6.13. The summed E-state index contributed by atoms with van der Waals surface area (Å²) in [7, 11) is 0. The SMILES string of the molecule is Cc1cnc2c(c1)[nH]c(=S)n2C(C)C(=O)N1CCCCC1. The molecule has 0 radical (unpaired) electrons. The van der Waals surface area contributed by atoms with Crippen LogP contribution in [0.15, 0.2) is 12.3 Å². The van der Waals surface area contributed by atoms with Gasteiger partial charge in [-0.25, -0.2) is 4.98 Å². The number of carbonyl (C=O) groups is 1. The Bertz CT molecular complexity index is 727. The molecule has 1 unspecified atom stereocenters. The molecule has 1 N–H and O–H groups in total. The monoisotopic (exact) mass is 304 g/mol. The second-order valence-electron chi connectivity index (χ2n) is 5.75. The Labute approximate surface area is 129 Å². The van der Waals surface area contributed by atoms with Gasteiger partial charge in [-0.3, -0.25) is 9.36 Å². The third-order valence-electron chi connectivity index (χ3n) is 4.10. The average Bonchev–Trinajstić information content (AvgIpc) is 2.81. The minimum Gasteiger partial charge on any atom is -0.341 e. The van der Waals surface area contributed by atoms with Gasteiger partial charge in [-0.15, -0.1) is 0 Å². The number of piperidine rings is 1. The highest BCUT2D eigenvalue weighted by molar-refractivity contribution is 7.71. The number of nitrogens with one attached hydrogen (secondary N) is 1.